The second-order valence-corrected chi connectivity index (χ2v) is 4.72. The Bertz CT molecular complexity index is 29.0. The summed E-state index contributed by atoms with van der Waals surface area (Å²) in [7, 11) is 0. The van der Waals surface area contributed by atoms with Crippen molar-refractivity contribution in [3.63, 3.8) is 0 Å². The maximum atomic E-state index is 9.69. The van der Waals surface area contributed by atoms with Crippen LogP contribution in [0.2, 0.25) is 11.4 Å². The standard InChI is InChI=1S/C2H7AsO/c1-3(2)4/h3H,1-2H3. The molecule has 0 atom stereocenters. The molecule has 0 aliphatic rings. The van der Waals surface area contributed by atoms with Gasteiger partial charge in [-0.05, 0) is 0 Å². The Morgan fingerprint density at radius 1 is 1.50 bits per heavy atom. The van der Waals surface area contributed by atoms with Crippen LogP contribution in [0.15, 0.2) is 0 Å². The van der Waals surface area contributed by atoms with E-state index in [1.165, 1.54) is 0 Å². The van der Waals surface area contributed by atoms with Gasteiger partial charge in [-0.25, -0.2) is 0 Å². The third-order valence-corrected chi connectivity index (χ3v) is 0. The van der Waals surface area contributed by atoms with Gasteiger partial charge in [-0.15, -0.1) is 0 Å². The van der Waals surface area contributed by atoms with Crippen LogP contribution in [-0.2, 0) is 3.74 Å². The van der Waals surface area contributed by atoms with Crippen molar-refractivity contribution in [2.45, 2.75) is 11.4 Å². The summed E-state index contributed by atoms with van der Waals surface area (Å²) in [6.07, 6.45) is 0. The molecule has 0 aromatic rings. The maximum absolute atomic E-state index is 9.69. The van der Waals surface area contributed by atoms with E-state index in [1.54, 1.807) is 11.4 Å². The summed E-state index contributed by atoms with van der Waals surface area (Å²) in [6.45, 7) is 0. The molecule has 0 aromatic carbocycles. The fraction of sp³-hybridized carbons (Fsp3) is 1.00. The van der Waals surface area contributed by atoms with Crippen molar-refractivity contribution in [3.8, 4) is 0 Å². The Hall–Kier alpha value is 0.358. The summed E-state index contributed by atoms with van der Waals surface area (Å²) < 4.78 is 9.69. The van der Waals surface area contributed by atoms with Gasteiger partial charge < -0.3 is 0 Å². The molecule has 0 aliphatic carbocycles. The first-order valence-corrected chi connectivity index (χ1v) is 6.26. The third-order valence-electron chi connectivity index (χ3n) is 0. The van der Waals surface area contributed by atoms with Crippen molar-refractivity contribution in [1.82, 2.24) is 0 Å². The molecule has 0 saturated heterocycles. The van der Waals surface area contributed by atoms with Crippen LogP contribution >= 0.6 is 0 Å². The molecule has 0 aliphatic heterocycles. The van der Waals surface area contributed by atoms with Crippen LogP contribution in [0, 0.1) is 0 Å². The molecule has 0 rings (SSSR count). The van der Waals surface area contributed by atoms with Crippen LogP contribution in [0.5, 0.6) is 0 Å². The van der Waals surface area contributed by atoms with Gasteiger partial charge in [0.25, 0.3) is 0 Å². The molecule has 2 heteroatoms. The molecule has 0 radical (unpaired) electrons. The zero-order valence-electron chi connectivity index (χ0n) is 2.91. The molecule has 0 amide bonds. The SMILES string of the molecule is C[AsH](C)=O. The molecule has 0 unspecified atom stereocenters. The van der Waals surface area contributed by atoms with E-state index < -0.39 is 14.6 Å². The Kier molecular flexibility index (Phi) is 1.80. The average molecular weight is 122 g/mol. The van der Waals surface area contributed by atoms with E-state index in [9.17, 15) is 3.74 Å². The van der Waals surface area contributed by atoms with Gasteiger partial charge in [0, 0.05) is 0 Å². The fourth-order valence-corrected chi connectivity index (χ4v) is 0. The van der Waals surface area contributed by atoms with E-state index in [-0.39, 0.29) is 0 Å². The molecular formula is C2H7AsO. The van der Waals surface area contributed by atoms with Crippen LogP contribution in [0.25, 0.3) is 0 Å². The summed E-state index contributed by atoms with van der Waals surface area (Å²) in [4.78, 5) is 0. The van der Waals surface area contributed by atoms with E-state index in [2.05, 4.69) is 0 Å². The van der Waals surface area contributed by atoms with Gasteiger partial charge >= 0.3 is 29.8 Å². The minimum absolute atomic E-state index is 1.58. The van der Waals surface area contributed by atoms with Crippen LogP contribution in [0.1, 0.15) is 0 Å². The molecule has 0 N–H and O–H groups in total. The molecule has 0 fully saturated rings. The van der Waals surface area contributed by atoms with Crippen LogP contribution in [0.4, 0.5) is 0 Å². The van der Waals surface area contributed by atoms with Crippen molar-refractivity contribution in [2.75, 3.05) is 0 Å². The molecule has 4 heavy (non-hydrogen) atoms. The Morgan fingerprint density at radius 2 is 1.50 bits per heavy atom. The molecule has 0 aromatic heterocycles. The normalized spacial score (nSPS) is 8.75. The summed E-state index contributed by atoms with van der Waals surface area (Å²) in [5.41, 5.74) is 3.56. The Labute approximate surface area is 30.5 Å². The second-order valence-electron chi connectivity index (χ2n) is 0.908. The minimum atomic E-state index is -1.58. The zero-order valence-corrected chi connectivity index (χ0v) is 5.01. The first-order chi connectivity index (χ1) is 1.73. The summed E-state index contributed by atoms with van der Waals surface area (Å²) in [6, 6.07) is 0. The van der Waals surface area contributed by atoms with Crippen molar-refractivity contribution in [3.05, 3.63) is 0 Å². The van der Waals surface area contributed by atoms with Crippen molar-refractivity contribution >= 4 is 14.6 Å². The van der Waals surface area contributed by atoms with E-state index in [1.807, 2.05) is 0 Å². The Morgan fingerprint density at radius 3 is 1.50 bits per heavy atom. The monoisotopic (exact) mass is 122 g/mol. The van der Waals surface area contributed by atoms with Gasteiger partial charge in [-0.3, -0.25) is 0 Å². The van der Waals surface area contributed by atoms with Gasteiger partial charge in [0.1, 0.15) is 0 Å². The first kappa shape index (κ1) is 4.36. The number of rotatable bonds is 0. The van der Waals surface area contributed by atoms with Gasteiger partial charge in [0.05, 0.1) is 0 Å². The molecule has 0 spiro atoms. The van der Waals surface area contributed by atoms with Crippen molar-refractivity contribution in [1.29, 1.82) is 0 Å². The number of hydrogen-bond acceptors (Lipinski definition) is 1. The van der Waals surface area contributed by atoms with E-state index in [4.69, 9.17) is 0 Å². The van der Waals surface area contributed by atoms with Gasteiger partial charge in [0.2, 0.25) is 0 Å². The summed E-state index contributed by atoms with van der Waals surface area (Å²) in [5, 5.41) is 0. The van der Waals surface area contributed by atoms with Gasteiger partial charge in [0.15, 0.2) is 0 Å². The van der Waals surface area contributed by atoms with Crippen molar-refractivity contribution in [2.24, 2.45) is 0 Å². The fourth-order valence-electron chi connectivity index (χ4n) is 0. The molecule has 26 valence electrons. The van der Waals surface area contributed by atoms with Crippen LogP contribution < -0.4 is 0 Å². The van der Waals surface area contributed by atoms with Crippen LogP contribution in [-0.4, -0.2) is 14.6 Å². The summed E-state index contributed by atoms with van der Waals surface area (Å²) in [5.74, 6) is 0. The predicted octanol–water partition coefficient (Wildman–Crippen LogP) is 0.400. The van der Waals surface area contributed by atoms with Gasteiger partial charge in [-0.2, -0.15) is 0 Å². The zero-order chi connectivity index (χ0) is 3.58. The van der Waals surface area contributed by atoms with E-state index in [0.717, 1.165) is 0 Å². The summed E-state index contributed by atoms with van der Waals surface area (Å²) >= 11 is -1.58. The quantitative estimate of drug-likeness (QED) is 0.425. The molecule has 0 bridgehead atoms. The van der Waals surface area contributed by atoms with E-state index in [0.29, 0.717) is 0 Å². The first-order valence-electron chi connectivity index (χ1n) is 1.20. The molecular weight excluding hydrogens is 115 g/mol. The average Bonchev–Trinajstić information content (AvgIpc) is 0.811. The topological polar surface area (TPSA) is 17.1 Å². The Balaban J connectivity index is 2.80. The molecule has 0 heterocycles. The second kappa shape index (κ2) is 1.66. The van der Waals surface area contributed by atoms with Gasteiger partial charge in [-0.1, -0.05) is 0 Å². The third kappa shape index (κ3) is 33.9. The van der Waals surface area contributed by atoms with E-state index >= 15 is 0 Å². The van der Waals surface area contributed by atoms with Crippen LogP contribution in [0.3, 0.4) is 0 Å². The number of hydrogen-bond donors (Lipinski definition) is 0. The predicted molar refractivity (Wildman–Crippen MR) is 19.6 cm³/mol. The van der Waals surface area contributed by atoms with Crippen molar-refractivity contribution < 1.29 is 3.74 Å². The molecule has 0 saturated carbocycles. The molecule has 1 nitrogen and oxygen atoms in total.